The topological polar surface area (TPSA) is 105 Å². The van der Waals surface area contributed by atoms with Gasteiger partial charge in [-0.1, -0.05) is 42.1 Å². The number of hydrogen-bond acceptors (Lipinski definition) is 6. The molecule has 0 aliphatic carbocycles. The second kappa shape index (κ2) is 9.98. The van der Waals surface area contributed by atoms with Crippen LogP contribution in [0.15, 0.2) is 48.5 Å². The van der Waals surface area contributed by atoms with E-state index in [1.165, 1.54) is 19.3 Å². The number of phenols is 1. The largest absolute Gasteiger partial charge is 0.504 e. The number of benzene rings is 2. The van der Waals surface area contributed by atoms with Gasteiger partial charge in [0.25, 0.3) is 5.24 Å². The summed E-state index contributed by atoms with van der Waals surface area (Å²) in [5, 5.41) is 14.0. The van der Waals surface area contributed by atoms with Gasteiger partial charge in [0.15, 0.2) is 11.5 Å². The van der Waals surface area contributed by atoms with E-state index in [9.17, 15) is 19.5 Å². The Hall–Kier alpha value is -3.26. The quantitative estimate of drug-likeness (QED) is 0.561. The molecule has 7 nitrogen and oxygen atoms in total. The lowest BCUT2D eigenvalue weighted by Gasteiger charge is -2.07. The van der Waals surface area contributed by atoms with Gasteiger partial charge in [-0.05, 0) is 47.7 Å². The lowest BCUT2D eigenvalue weighted by molar-refractivity contribution is -0.119. The summed E-state index contributed by atoms with van der Waals surface area (Å²) in [5.74, 6) is -0.0631. The summed E-state index contributed by atoms with van der Waals surface area (Å²) in [6.45, 7) is 0.483. The van der Waals surface area contributed by atoms with Gasteiger partial charge in [-0.15, -0.1) is 0 Å². The van der Waals surface area contributed by atoms with Gasteiger partial charge in [-0.2, -0.15) is 0 Å². The zero-order chi connectivity index (χ0) is 21.5. The molecule has 2 aromatic rings. The number of thioether (sulfide) groups is 1. The maximum atomic E-state index is 12.0. The first-order valence-electron chi connectivity index (χ1n) is 9.37. The Bertz CT molecular complexity index is 972. The highest BCUT2D eigenvalue weighted by Crippen LogP contribution is 2.26. The van der Waals surface area contributed by atoms with Crippen LogP contribution in [0, 0.1) is 0 Å². The number of rotatable bonds is 8. The van der Waals surface area contributed by atoms with Crippen molar-refractivity contribution in [2.75, 3.05) is 13.7 Å². The highest BCUT2D eigenvalue weighted by atomic mass is 32.2. The lowest BCUT2D eigenvalue weighted by atomic mass is 10.1. The Morgan fingerprint density at radius 1 is 1.20 bits per heavy atom. The van der Waals surface area contributed by atoms with Crippen LogP contribution in [0.4, 0.5) is 4.79 Å². The first-order valence-corrected chi connectivity index (χ1v) is 10.2. The van der Waals surface area contributed by atoms with Crippen molar-refractivity contribution in [2.45, 2.75) is 18.1 Å². The highest BCUT2D eigenvalue weighted by Gasteiger charge is 2.31. The maximum absolute atomic E-state index is 12.0. The van der Waals surface area contributed by atoms with Gasteiger partial charge in [0.2, 0.25) is 11.8 Å². The minimum absolute atomic E-state index is 0.0453. The van der Waals surface area contributed by atoms with Crippen molar-refractivity contribution >= 4 is 34.9 Å². The minimum atomic E-state index is -0.372. The summed E-state index contributed by atoms with van der Waals surface area (Å²) < 4.78 is 5.04. The molecular weight excluding hydrogens is 404 g/mol. The molecule has 2 aromatic carbocycles. The fraction of sp³-hybridized carbons (Fsp3) is 0.227. The van der Waals surface area contributed by atoms with Crippen LogP contribution in [0.5, 0.6) is 11.5 Å². The van der Waals surface area contributed by atoms with Crippen molar-refractivity contribution in [1.29, 1.82) is 0 Å². The van der Waals surface area contributed by atoms with Crippen LogP contribution in [0.2, 0.25) is 0 Å². The molecule has 0 saturated carbocycles. The third kappa shape index (κ3) is 5.87. The van der Waals surface area contributed by atoms with E-state index < -0.39 is 0 Å². The zero-order valence-electron chi connectivity index (χ0n) is 16.4. The number of ether oxygens (including phenoxy) is 1. The van der Waals surface area contributed by atoms with E-state index in [1.807, 2.05) is 24.3 Å². The molecule has 0 unspecified atom stereocenters. The van der Waals surface area contributed by atoms with Gasteiger partial charge in [-0.25, -0.2) is 0 Å². The van der Waals surface area contributed by atoms with Crippen LogP contribution in [-0.2, 0) is 22.4 Å². The average Bonchev–Trinajstić information content (AvgIpc) is 3.05. The van der Waals surface area contributed by atoms with Crippen LogP contribution in [0.25, 0.3) is 6.08 Å². The molecule has 1 fully saturated rings. The zero-order valence-corrected chi connectivity index (χ0v) is 17.2. The van der Waals surface area contributed by atoms with Gasteiger partial charge < -0.3 is 15.2 Å². The van der Waals surface area contributed by atoms with Crippen LogP contribution in [0.3, 0.4) is 0 Å². The number of nitrogens with one attached hydrogen (secondary N) is 2. The smallest absolute Gasteiger partial charge is 0.286 e. The molecule has 3 N–H and O–H groups in total. The molecule has 1 atom stereocenters. The Morgan fingerprint density at radius 3 is 2.60 bits per heavy atom. The summed E-state index contributed by atoms with van der Waals surface area (Å²) in [5.41, 5.74) is 2.79. The van der Waals surface area contributed by atoms with Crippen LogP contribution in [-0.4, -0.2) is 41.1 Å². The lowest BCUT2D eigenvalue weighted by Crippen LogP contribution is -2.25. The molecule has 0 aromatic heterocycles. The standard InChI is InChI=1S/C22H22N2O5S/c1-29-18-12-15(6-8-17(18)25)7-9-20(26)23-11-10-14-2-4-16(5-3-14)13-19-21(27)24-22(28)30-19/h2-9,12,19,25H,10-11,13H2,1H3,(H,23,26)(H,24,27,28)/t19-/m1/s1. The van der Waals surface area contributed by atoms with Crippen molar-refractivity contribution in [1.82, 2.24) is 10.6 Å². The molecule has 3 rings (SSSR count). The van der Waals surface area contributed by atoms with E-state index in [0.29, 0.717) is 25.1 Å². The average molecular weight is 426 g/mol. The Labute approximate surface area is 178 Å². The van der Waals surface area contributed by atoms with Crippen molar-refractivity contribution in [3.8, 4) is 11.5 Å². The molecule has 0 bridgehead atoms. The van der Waals surface area contributed by atoms with Gasteiger partial charge in [0.1, 0.15) is 0 Å². The van der Waals surface area contributed by atoms with Crippen LogP contribution in [0.1, 0.15) is 16.7 Å². The second-order valence-corrected chi connectivity index (χ2v) is 7.88. The number of amides is 3. The summed E-state index contributed by atoms with van der Waals surface area (Å²) in [4.78, 5) is 34.8. The van der Waals surface area contributed by atoms with Crippen molar-refractivity contribution in [2.24, 2.45) is 0 Å². The maximum Gasteiger partial charge on any atom is 0.286 e. The molecule has 1 aliphatic heterocycles. The molecule has 0 radical (unpaired) electrons. The van der Waals surface area contributed by atoms with Gasteiger partial charge in [0, 0.05) is 12.6 Å². The van der Waals surface area contributed by atoms with Gasteiger partial charge in [0.05, 0.1) is 12.4 Å². The predicted molar refractivity (Wildman–Crippen MR) is 115 cm³/mol. The van der Waals surface area contributed by atoms with E-state index in [4.69, 9.17) is 4.74 Å². The molecule has 8 heteroatoms. The Morgan fingerprint density at radius 2 is 1.93 bits per heavy atom. The number of carbonyl (C=O) groups is 3. The molecule has 30 heavy (non-hydrogen) atoms. The van der Waals surface area contributed by atoms with E-state index in [0.717, 1.165) is 28.5 Å². The molecule has 1 aliphatic rings. The Balaban J connectivity index is 1.44. The summed E-state index contributed by atoms with van der Waals surface area (Å²) in [6.07, 6.45) is 4.25. The van der Waals surface area contributed by atoms with Gasteiger partial charge in [-0.3, -0.25) is 19.7 Å². The number of phenolic OH excluding ortho intramolecular Hbond substituents is 1. The highest BCUT2D eigenvalue weighted by molar-refractivity contribution is 8.15. The molecule has 1 saturated heterocycles. The molecule has 156 valence electrons. The number of carbonyl (C=O) groups excluding carboxylic acids is 3. The van der Waals surface area contributed by atoms with E-state index in [1.54, 1.807) is 18.2 Å². The third-order valence-electron chi connectivity index (χ3n) is 4.55. The third-order valence-corrected chi connectivity index (χ3v) is 5.54. The number of methoxy groups -OCH3 is 1. The fourth-order valence-electron chi connectivity index (χ4n) is 2.94. The van der Waals surface area contributed by atoms with Crippen molar-refractivity contribution in [3.05, 3.63) is 65.2 Å². The second-order valence-electron chi connectivity index (χ2n) is 6.71. The normalized spacial score (nSPS) is 16.0. The molecule has 3 amide bonds. The van der Waals surface area contributed by atoms with Crippen LogP contribution >= 0.6 is 11.8 Å². The predicted octanol–water partition coefficient (Wildman–Crippen LogP) is 2.67. The SMILES string of the molecule is COc1cc(C=CC(=O)NCCc2ccc(C[C@H]3SC(=O)NC3=O)cc2)ccc1O. The first kappa shape index (κ1) is 21.4. The fourth-order valence-corrected chi connectivity index (χ4v) is 3.80. The summed E-state index contributed by atoms with van der Waals surface area (Å²) in [6, 6.07) is 12.6. The van der Waals surface area contributed by atoms with E-state index in [-0.39, 0.29) is 28.1 Å². The van der Waals surface area contributed by atoms with Crippen molar-refractivity contribution in [3.63, 3.8) is 0 Å². The monoisotopic (exact) mass is 426 g/mol. The minimum Gasteiger partial charge on any atom is -0.504 e. The number of aromatic hydroxyl groups is 1. The Kier molecular flexibility index (Phi) is 7.13. The van der Waals surface area contributed by atoms with E-state index in [2.05, 4.69) is 10.6 Å². The van der Waals surface area contributed by atoms with Crippen molar-refractivity contribution < 1.29 is 24.2 Å². The summed E-state index contributed by atoms with van der Waals surface area (Å²) in [7, 11) is 1.47. The molecule has 0 spiro atoms. The molecular formula is C22H22N2O5S. The number of hydrogen-bond donors (Lipinski definition) is 3. The van der Waals surface area contributed by atoms with Gasteiger partial charge >= 0.3 is 0 Å². The number of imide groups is 1. The first-order chi connectivity index (χ1) is 14.4. The molecule has 1 heterocycles. The van der Waals surface area contributed by atoms with Crippen LogP contribution < -0.4 is 15.4 Å². The van der Waals surface area contributed by atoms with E-state index >= 15 is 0 Å². The summed E-state index contributed by atoms with van der Waals surface area (Å²) >= 11 is 1.02.